The maximum Gasteiger partial charge on any atom is 0.253 e. The van der Waals surface area contributed by atoms with Crippen LogP contribution in [0.25, 0.3) is 10.9 Å². The molecule has 5 aromatic rings. The van der Waals surface area contributed by atoms with Crippen molar-refractivity contribution in [2.45, 2.75) is 32.9 Å². The Morgan fingerprint density at radius 1 is 0.950 bits per heavy atom. The summed E-state index contributed by atoms with van der Waals surface area (Å²) in [6.07, 6.45) is 0.774. The molecule has 1 atom stereocenters. The van der Waals surface area contributed by atoms with E-state index < -0.39 is 6.04 Å². The summed E-state index contributed by atoms with van der Waals surface area (Å²) >= 11 is 0. The highest BCUT2D eigenvalue weighted by Gasteiger charge is 2.33. The molecule has 3 aromatic carbocycles. The van der Waals surface area contributed by atoms with E-state index in [0.717, 1.165) is 47.2 Å². The largest absolute Gasteiger partial charge is 0.369 e. The van der Waals surface area contributed by atoms with Gasteiger partial charge in [-0.1, -0.05) is 42.0 Å². The Hall–Kier alpha value is -4.37. The summed E-state index contributed by atoms with van der Waals surface area (Å²) in [6.45, 7) is 7.53. The van der Waals surface area contributed by atoms with Crippen LogP contribution in [0.2, 0.25) is 0 Å². The predicted molar refractivity (Wildman–Crippen MR) is 154 cm³/mol. The summed E-state index contributed by atoms with van der Waals surface area (Å²) in [5.74, 6) is 0.409. The van der Waals surface area contributed by atoms with Crippen LogP contribution in [0.5, 0.6) is 0 Å². The van der Waals surface area contributed by atoms with Crippen LogP contribution in [0.1, 0.15) is 34.1 Å². The van der Waals surface area contributed by atoms with E-state index in [9.17, 15) is 9.18 Å². The number of nitrogens with one attached hydrogen (secondary N) is 1. The second kappa shape index (κ2) is 11.0. The first-order chi connectivity index (χ1) is 19.5. The van der Waals surface area contributed by atoms with Crippen LogP contribution in [-0.4, -0.2) is 56.3 Å². The molecule has 0 amide bonds. The fourth-order valence-electron chi connectivity index (χ4n) is 5.74. The normalized spacial score (nSPS) is 15.0. The first-order valence-corrected chi connectivity index (χ1v) is 13.6. The second-order valence-corrected chi connectivity index (χ2v) is 10.5. The molecule has 40 heavy (non-hydrogen) atoms. The molecule has 0 unspecified atom stereocenters. The Bertz CT molecular complexity index is 1670. The second-order valence-electron chi connectivity index (χ2n) is 10.5. The first kappa shape index (κ1) is 25.9. The van der Waals surface area contributed by atoms with Crippen molar-refractivity contribution in [3.8, 4) is 0 Å². The molecule has 6 rings (SSSR count). The Morgan fingerprint density at radius 2 is 1.70 bits per heavy atom. The summed E-state index contributed by atoms with van der Waals surface area (Å²) in [6, 6.07) is 22.6. The minimum Gasteiger partial charge on any atom is -0.369 e. The van der Waals surface area contributed by atoms with Crippen molar-refractivity contribution >= 4 is 16.6 Å². The minimum atomic E-state index is -0.421. The van der Waals surface area contributed by atoms with E-state index in [1.165, 1.54) is 17.7 Å². The smallest absolute Gasteiger partial charge is 0.253 e. The fraction of sp³-hybridized carbons (Fsp3) is 0.290. The van der Waals surface area contributed by atoms with E-state index in [1.54, 1.807) is 0 Å². The van der Waals surface area contributed by atoms with Gasteiger partial charge in [0.05, 0.1) is 5.52 Å². The molecule has 0 spiro atoms. The number of tetrazole rings is 1. The lowest BCUT2D eigenvalue weighted by Gasteiger charge is -2.39. The van der Waals surface area contributed by atoms with Crippen molar-refractivity contribution in [3.05, 3.63) is 117 Å². The molecular formula is C31H32FN7O. The van der Waals surface area contributed by atoms with Crippen LogP contribution in [0.15, 0.2) is 77.6 Å². The van der Waals surface area contributed by atoms with Gasteiger partial charge in [0.15, 0.2) is 5.82 Å². The SMILES string of the molecule is Cc1cc(C)c2[nH]c(=O)c([C@@H](c3nnnn3CCc3ccccc3)N3CCN(c4ccc(F)cc4)CC3)cc2c1. The third-order valence-electron chi connectivity index (χ3n) is 7.75. The number of fused-ring (bicyclic) bond motifs is 1. The highest BCUT2D eigenvalue weighted by atomic mass is 19.1. The maximum absolute atomic E-state index is 13.7. The zero-order chi connectivity index (χ0) is 27.6. The highest BCUT2D eigenvalue weighted by Crippen LogP contribution is 2.30. The van der Waals surface area contributed by atoms with Gasteiger partial charge in [-0.3, -0.25) is 9.69 Å². The number of hydrogen-bond donors (Lipinski definition) is 1. The van der Waals surface area contributed by atoms with Crippen molar-refractivity contribution in [3.63, 3.8) is 0 Å². The zero-order valence-electron chi connectivity index (χ0n) is 22.7. The molecule has 1 N–H and O–H groups in total. The number of anilines is 1. The van der Waals surface area contributed by atoms with Gasteiger partial charge in [0.1, 0.15) is 11.9 Å². The van der Waals surface area contributed by atoms with Gasteiger partial charge in [0.2, 0.25) is 0 Å². The van der Waals surface area contributed by atoms with Gasteiger partial charge in [-0.25, -0.2) is 9.07 Å². The van der Waals surface area contributed by atoms with Gasteiger partial charge in [0, 0.05) is 44.0 Å². The van der Waals surface area contributed by atoms with Gasteiger partial charge in [-0.2, -0.15) is 0 Å². The van der Waals surface area contributed by atoms with Gasteiger partial charge < -0.3 is 9.88 Å². The number of halogens is 1. The van der Waals surface area contributed by atoms with Crippen LogP contribution in [0, 0.1) is 19.7 Å². The standard InChI is InChI=1S/C31H32FN7O/c1-21-18-22(2)28-24(19-21)20-27(31(40)33-28)29(30-34-35-36-39(30)13-12-23-6-4-3-5-7-23)38-16-14-37(15-17-38)26-10-8-25(32)9-11-26/h3-11,18-20,29H,12-17H2,1-2H3,(H,33,40)/t29-/m0/s1. The summed E-state index contributed by atoms with van der Waals surface area (Å²) in [4.78, 5) is 21.3. The first-order valence-electron chi connectivity index (χ1n) is 13.6. The third-order valence-corrected chi connectivity index (χ3v) is 7.75. The summed E-state index contributed by atoms with van der Waals surface area (Å²) in [5, 5.41) is 13.8. The summed E-state index contributed by atoms with van der Waals surface area (Å²) in [7, 11) is 0. The number of benzene rings is 3. The molecule has 9 heteroatoms. The molecule has 2 aromatic heterocycles. The van der Waals surface area contributed by atoms with E-state index >= 15 is 0 Å². The Balaban J connectivity index is 1.36. The molecule has 0 radical (unpaired) electrons. The number of piperazine rings is 1. The molecule has 8 nitrogen and oxygen atoms in total. The van der Waals surface area contributed by atoms with E-state index in [4.69, 9.17) is 0 Å². The van der Waals surface area contributed by atoms with Gasteiger partial charge >= 0.3 is 0 Å². The Morgan fingerprint density at radius 3 is 2.45 bits per heavy atom. The molecule has 0 aliphatic carbocycles. The van der Waals surface area contributed by atoms with Crippen molar-refractivity contribution in [2.75, 3.05) is 31.1 Å². The fourth-order valence-corrected chi connectivity index (χ4v) is 5.74. The van der Waals surface area contributed by atoms with Crippen LogP contribution in [0.4, 0.5) is 10.1 Å². The number of aryl methyl sites for hydroxylation is 4. The lowest BCUT2D eigenvalue weighted by Crippen LogP contribution is -2.49. The molecule has 1 fully saturated rings. The van der Waals surface area contributed by atoms with E-state index in [0.29, 0.717) is 31.0 Å². The van der Waals surface area contributed by atoms with Gasteiger partial charge in [-0.05, 0) is 83.6 Å². The molecule has 204 valence electrons. The molecule has 1 saturated heterocycles. The van der Waals surface area contributed by atoms with Crippen molar-refractivity contribution in [2.24, 2.45) is 0 Å². The number of nitrogens with zero attached hydrogens (tertiary/aromatic N) is 6. The van der Waals surface area contributed by atoms with Crippen molar-refractivity contribution in [1.29, 1.82) is 0 Å². The molecule has 0 bridgehead atoms. The molecule has 0 saturated carbocycles. The van der Waals surface area contributed by atoms with Crippen LogP contribution in [0.3, 0.4) is 0 Å². The van der Waals surface area contributed by atoms with E-state index in [2.05, 4.69) is 61.5 Å². The topological polar surface area (TPSA) is 82.9 Å². The average Bonchev–Trinajstić information content (AvgIpc) is 3.42. The predicted octanol–water partition coefficient (Wildman–Crippen LogP) is 4.42. The third kappa shape index (κ3) is 5.24. The van der Waals surface area contributed by atoms with Crippen molar-refractivity contribution in [1.82, 2.24) is 30.1 Å². The Labute approximate surface area is 232 Å². The molecule has 1 aliphatic rings. The van der Waals surface area contributed by atoms with Crippen LogP contribution >= 0.6 is 0 Å². The number of aromatic nitrogens is 5. The van der Waals surface area contributed by atoms with Gasteiger partial charge in [-0.15, -0.1) is 5.10 Å². The summed E-state index contributed by atoms with van der Waals surface area (Å²) in [5.41, 5.74) is 5.70. The van der Waals surface area contributed by atoms with E-state index in [-0.39, 0.29) is 11.4 Å². The average molecular weight is 538 g/mol. The lowest BCUT2D eigenvalue weighted by molar-refractivity contribution is 0.199. The lowest BCUT2D eigenvalue weighted by atomic mass is 10.00. The molecular weight excluding hydrogens is 505 g/mol. The van der Waals surface area contributed by atoms with E-state index in [1.807, 2.05) is 48.0 Å². The monoisotopic (exact) mass is 537 g/mol. The zero-order valence-corrected chi connectivity index (χ0v) is 22.7. The summed E-state index contributed by atoms with van der Waals surface area (Å²) < 4.78 is 15.3. The molecule has 3 heterocycles. The number of aromatic amines is 1. The maximum atomic E-state index is 13.7. The highest BCUT2D eigenvalue weighted by molar-refractivity contribution is 5.83. The number of H-pyrrole nitrogens is 1. The quantitative estimate of drug-likeness (QED) is 0.331. The minimum absolute atomic E-state index is 0.136. The Kier molecular flexibility index (Phi) is 7.13. The number of hydrogen-bond acceptors (Lipinski definition) is 6. The van der Waals surface area contributed by atoms with Crippen molar-refractivity contribution < 1.29 is 4.39 Å². The number of rotatable bonds is 7. The molecule has 1 aliphatic heterocycles. The number of pyridine rings is 1. The van der Waals surface area contributed by atoms with Crippen LogP contribution < -0.4 is 10.5 Å². The van der Waals surface area contributed by atoms with Gasteiger partial charge in [0.25, 0.3) is 5.56 Å². The van der Waals surface area contributed by atoms with Crippen LogP contribution in [-0.2, 0) is 13.0 Å².